The first-order valence-corrected chi connectivity index (χ1v) is 7.39. The van der Waals surface area contributed by atoms with Crippen molar-refractivity contribution in [2.24, 2.45) is 5.73 Å². The maximum absolute atomic E-state index is 11.6. The lowest BCUT2D eigenvalue weighted by Gasteiger charge is -2.34. The van der Waals surface area contributed by atoms with Crippen LogP contribution in [0.5, 0.6) is 0 Å². The van der Waals surface area contributed by atoms with E-state index in [0.717, 1.165) is 6.42 Å². The minimum Gasteiger partial charge on any atom is -0.374 e. The highest BCUT2D eigenvalue weighted by atomic mass is 16.5. The zero-order chi connectivity index (χ0) is 15.4. The molecule has 5 heteroatoms. The molecule has 1 aromatic carbocycles. The van der Waals surface area contributed by atoms with Crippen molar-refractivity contribution in [3.05, 3.63) is 59.8 Å². The summed E-state index contributed by atoms with van der Waals surface area (Å²) in [5.74, 6) is 0.200. The fourth-order valence-electron chi connectivity index (χ4n) is 2.75. The summed E-state index contributed by atoms with van der Waals surface area (Å²) in [5.41, 5.74) is 7.14. The van der Waals surface area contributed by atoms with Crippen molar-refractivity contribution in [2.75, 3.05) is 24.6 Å². The number of morpholine rings is 1. The zero-order valence-electron chi connectivity index (χ0n) is 12.3. The van der Waals surface area contributed by atoms with E-state index in [9.17, 15) is 4.79 Å². The largest absolute Gasteiger partial charge is 0.374 e. The molecule has 2 aromatic rings. The molecular weight excluding hydrogens is 278 g/mol. The summed E-state index contributed by atoms with van der Waals surface area (Å²) in [5, 5.41) is 0. The maximum atomic E-state index is 11.6. The van der Waals surface area contributed by atoms with E-state index in [-0.39, 0.29) is 6.10 Å². The predicted octanol–water partition coefficient (Wildman–Crippen LogP) is 1.63. The SMILES string of the molecule is NC(=O)c1cccnc1N1CCOC(Cc2ccccc2)C1. The number of nitrogens with two attached hydrogens (primary N) is 1. The van der Waals surface area contributed by atoms with Crippen LogP contribution in [0.1, 0.15) is 15.9 Å². The Morgan fingerprint density at radius 3 is 2.86 bits per heavy atom. The maximum Gasteiger partial charge on any atom is 0.252 e. The van der Waals surface area contributed by atoms with Crippen molar-refractivity contribution < 1.29 is 9.53 Å². The van der Waals surface area contributed by atoms with Crippen LogP contribution in [0.15, 0.2) is 48.7 Å². The molecule has 0 spiro atoms. The molecule has 1 saturated heterocycles. The number of anilines is 1. The highest BCUT2D eigenvalue weighted by molar-refractivity contribution is 5.97. The molecule has 0 aliphatic carbocycles. The number of primary amides is 1. The van der Waals surface area contributed by atoms with E-state index in [1.54, 1.807) is 18.3 Å². The molecule has 22 heavy (non-hydrogen) atoms. The van der Waals surface area contributed by atoms with Crippen molar-refractivity contribution in [2.45, 2.75) is 12.5 Å². The van der Waals surface area contributed by atoms with Gasteiger partial charge in [0, 0.05) is 25.7 Å². The van der Waals surface area contributed by atoms with E-state index in [2.05, 4.69) is 22.0 Å². The van der Waals surface area contributed by atoms with Gasteiger partial charge in [-0.05, 0) is 17.7 Å². The molecule has 2 N–H and O–H groups in total. The molecule has 1 unspecified atom stereocenters. The number of rotatable bonds is 4. The Kier molecular flexibility index (Phi) is 4.34. The molecule has 0 saturated carbocycles. The Bertz CT molecular complexity index is 645. The minimum atomic E-state index is -0.450. The number of hydrogen-bond acceptors (Lipinski definition) is 4. The first kappa shape index (κ1) is 14.5. The van der Waals surface area contributed by atoms with Crippen molar-refractivity contribution in [1.29, 1.82) is 0 Å². The predicted molar refractivity (Wildman–Crippen MR) is 84.9 cm³/mol. The molecule has 1 fully saturated rings. The van der Waals surface area contributed by atoms with Gasteiger partial charge >= 0.3 is 0 Å². The van der Waals surface area contributed by atoms with Gasteiger partial charge in [-0.3, -0.25) is 4.79 Å². The van der Waals surface area contributed by atoms with Crippen LogP contribution in [-0.4, -0.2) is 36.7 Å². The quantitative estimate of drug-likeness (QED) is 0.931. The van der Waals surface area contributed by atoms with E-state index in [1.165, 1.54) is 5.56 Å². The molecule has 114 valence electrons. The summed E-state index contributed by atoms with van der Waals surface area (Å²) in [4.78, 5) is 18.0. The monoisotopic (exact) mass is 297 g/mol. The number of nitrogens with zero attached hydrogens (tertiary/aromatic N) is 2. The van der Waals surface area contributed by atoms with Crippen LogP contribution in [-0.2, 0) is 11.2 Å². The van der Waals surface area contributed by atoms with Crippen LogP contribution in [0.25, 0.3) is 0 Å². The highest BCUT2D eigenvalue weighted by Gasteiger charge is 2.24. The van der Waals surface area contributed by atoms with E-state index in [0.29, 0.717) is 31.1 Å². The second-order valence-electron chi connectivity index (χ2n) is 5.37. The number of hydrogen-bond donors (Lipinski definition) is 1. The second-order valence-corrected chi connectivity index (χ2v) is 5.37. The van der Waals surface area contributed by atoms with Gasteiger partial charge in [0.1, 0.15) is 5.82 Å². The van der Waals surface area contributed by atoms with Crippen molar-refractivity contribution in [3.63, 3.8) is 0 Å². The number of carbonyl (C=O) groups excluding carboxylic acids is 1. The highest BCUT2D eigenvalue weighted by Crippen LogP contribution is 2.21. The van der Waals surface area contributed by atoms with E-state index < -0.39 is 5.91 Å². The summed E-state index contributed by atoms with van der Waals surface area (Å²) in [6, 6.07) is 13.7. The van der Waals surface area contributed by atoms with Crippen LogP contribution in [0, 0.1) is 0 Å². The van der Waals surface area contributed by atoms with Gasteiger partial charge in [0.15, 0.2) is 0 Å². The van der Waals surface area contributed by atoms with Gasteiger partial charge in [-0.2, -0.15) is 0 Å². The molecule has 3 rings (SSSR count). The van der Waals surface area contributed by atoms with Gasteiger partial charge in [0.25, 0.3) is 5.91 Å². The average molecular weight is 297 g/mol. The Morgan fingerprint density at radius 1 is 1.27 bits per heavy atom. The van der Waals surface area contributed by atoms with Crippen molar-refractivity contribution in [1.82, 2.24) is 4.98 Å². The molecule has 5 nitrogen and oxygen atoms in total. The standard InChI is InChI=1S/C17H19N3O2/c18-16(21)15-7-4-8-19-17(15)20-9-10-22-14(12-20)11-13-5-2-1-3-6-13/h1-8,14H,9-12H2,(H2,18,21). The number of amides is 1. The molecular formula is C17H19N3O2. The van der Waals surface area contributed by atoms with Crippen molar-refractivity contribution in [3.8, 4) is 0 Å². The molecule has 1 amide bonds. The zero-order valence-corrected chi connectivity index (χ0v) is 12.3. The Hall–Kier alpha value is -2.40. The van der Waals surface area contributed by atoms with Gasteiger partial charge in [-0.15, -0.1) is 0 Å². The summed E-state index contributed by atoms with van der Waals surface area (Å²) in [6.07, 6.45) is 2.61. The lowest BCUT2D eigenvalue weighted by Crippen LogP contribution is -2.44. The number of carbonyl (C=O) groups is 1. The number of ether oxygens (including phenoxy) is 1. The molecule has 2 heterocycles. The van der Waals surface area contributed by atoms with Crippen LogP contribution in [0.4, 0.5) is 5.82 Å². The minimum absolute atomic E-state index is 0.0823. The average Bonchev–Trinajstić information content (AvgIpc) is 2.56. The van der Waals surface area contributed by atoms with Crippen LogP contribution in [0.2, 0.25) is 0 Å². The fraction of sp³-hybridized carbons (Fsp3) is 0.294. The second kappa shape index (κ2) is 6.58. The smallest absolute Gasteiger partial charge is 0.252 e. The van der Waals surface area contributed by atoms with Crippen molar-refractivity contribution >= 4 is 11.7 Å². The lowest BCUT2D eigenvalue weighted by molar-refractivity contribution is 0.0407. The van der Waals surface area contributed by atoms with Gasteiger partial charge in [0.05, 0.1) is 18.3 Å². The summed E-state index contributed by atoms with van der Waals surface area (Å²) in [6.45, 7) is 2.03. The number of benzene rings is 1. The van der Waals surface area contributed by atoms with E-state index in [1.807, 2.05) is 18.2 Å². The summed E-state index contributed by atoms with van der Waals surface area (Å²) < 4.78 is 5.85. The molecule has 1 aromatic heterocycles. The third-order valence-electron chi connectivity index (χ3n) is 3.80. The van der Waals surface area contributed by atoms with Gasteiger partial charge in [-0.25, -0.2) is 4.98 Å². The van der Waals surface area contributed by atoms with Crippen LogP contribution in [0.3, 0.4) is 0 Å². The van der Waals surface area contributed by atoms with E-state index in [4.69, 9.17) is 10.5 Å². The third kappa shape index (κ3) is 3.26. The third-order valence-corrected chi connectivity index (χ3v) is 3.80. The van der Waals surface area contributed by atoms with E-state index >= 15 is 0 Å². The Morgan fingerprint density at radius 2 is 2.09 bits per heavy atom. The molecule has 1 aliphatic rings. The molecule has 1 aliphatic heterocycles. The number of pyridine rings is 1. The van der Waals surface area contributed by atoms with Gasteiger partial charge in [-0.1, -0.05) is 30.3 Å². The summed E-state index contributed by atoms with van der Waals surface area (Å²) >= 11 is 0. The first-order valence-electron chi connectivity index (χ1n) is 7.39. The molecule has 0 bridgehead atoms. The topological polar surface area (TPSA) is 68.5 Å². The molecule has 0 radical (unpaired) electrons. The lowest BCUT2D eigenvalue weighted by atomic mass is 10.1. The Labute approximate surface area is 129 Å². The van der Waals surface area contributed by atoms with Gasteiger partial charge in [0.2, 0.25) is 0 Å². The summed E-state index contributed by atoms with van der Waals surface area (Å²) in [7, 11) is 0. The fourth-order valence-corrected chi connectivity index (χ4v) is 2.75. The Balaban J connectivity index is 1.75. The van der Waals surface area contributed by atoms with Crippen LogP contribution >= 0.6 is 0 Å². The first-order chi connectivity index (χ1) is 10.7. The molecule has 1 atom stereocenters. The normalized spacial score (nSPS) is 18.2. The van der Waals surface area contributed by atoms with Gasteiger partial charge < -0.3 is 15.4 Å². The number of aromatic nitrogens is 1. The van der Waals surface area contributed by atoms with Crippen LogP contribution < -0.4 is 10.6 Å².